The zero-order valence-electron chi connectivity index (χ0n) is 2.85. The summed E-state index contributed by atoms with van der Waals surface area (Å²) in [6.07, 6.45) is 0.190. The summed E-state index contributed by atoms with van der Waals surface area (Å²) < 4.78 is 4.61. The van der Waals surface area contributed by atoms with Gasteiger partial charge in [-0.25, -0.2) is 0 Å². The molecule has 36 valence electrons. The highest BCUT2D eigenvalue weighted by atomic mass is 27.0. The van der Waals surface area contributed by atoms with E-state index in [1.807, 2.05) is 0 Å². The lowest BCUT2D eigenvalue weighted by Gasteiger charge is -1.70. The average Bonchev–Trinajstić information content (AvgIpc) is 2.12. The molecule has 0 aromatic carbocycles. The normalized spacial score (nSPS) is 28.5. The molecule has 3 heteroatoms. The third-order valence-electron chi connectivity index (χ3n) is 0.606. The molecule has 1 atom stereocenters. The van der Waals surface area contributed by atoms with Crippen molar-refractivity contribution in [3.05, 3.63) is 0 Å². The van der Waals surface area contributed by atoms with Crippen LogP contribution in [-0.2, 0) is 4.74 Å². The Morgan fingerprint density at radius 2 is 2.33 bits per heavy atom. The maximum atomic E-state index is 8.08. The third-order valence-corrected chi connectivity index (χ3v) is 0.606. The summed E-state index contributed by atoms with van der Waals surface area (Å²) in [5.41, 5.74) is 0. The molecule has 6 heavy (non-hydrogen) atoms. The Hall–Kier alpha value is 0.452. The first-order chi connectivity index (χ1) is 2.43. The highest BCUT2D eigenvalue weighted by Gasteiger charge is 2.19. The van der Waals surface area contributed by atoms with Gasteiger partial charge in [-0.15, -0.1) is 0 Å². The zero-order valence-corrected chi connectivity index (χ0v) is 2.85. The molecular formula is C3H9AlO2. The van der Waals surface area contributed by atoms with Gasteiger partial charge in [0.1, 0.15) is 6.10 Å². The Morgan fingerprint density at radius 3 is 2.33 bits per heavy atom. The lowest BCUT2D eigenvalue weighted by Crippen LogP contribution is -1.88. The van der Waals surface area contributed by atoms with Crippen LogP contribution in [0.1, 0.15) is 0 Å². The summed E-state index contributed by atoms with van der Waals surface area (Å²) in [5, 5.41) is 8.08. The van der Waals surface area contributed by atoms with Crippen LogP contribution in [0.4, 0.5) is 0 Å². The molecule has 0 bridgehead atoms. The molecule has 0 saturated carbocycles. The average molecular weight is 104 g/mol. The molecule has 0 aliphatic carbocycles. The minimum absolute atomic E-state index is 0. The van der Waals surface area contributed by atoms with Crippen molar-refractivity contribution in [1.82, 2.24) is 0 Å². The highest BCUT2D eigenvalue weighted by molar-refractivity contribution is 5.75. The number of rotatable bonds is 1. The first-order valence-corrected chi connectivity index (χ1v) is 1.66. The summed E-state index contributed by atoms with van der Waals surface area (Å²) in [7, 11) is 0. The van der Waals surface area contributed by atoms with Crippen molar-refractivity contribution >= 4 is 17.4 Å². The molecule has 1 fully saturated rings. The van der Waals surface area contributed by atoms with Crippen LogP contribution in [0.2, 0.25) is 0 Å². The van der Waals surface area contributed by atoms with E-state index in [4.69, 9.17) is 5.11 Å². The Labute approximate surface area is 47.2 Å². The zero-order chi connectivity index (χ0) is 3.70. The molecule has 1 heterocycles. The monoisotopic (exact) mass is 104 g/mol. The first-order valence-electron chi connectivity index (χ1n) is 1.66. The molecular weight excluding hydrogens is 95.0 g/mol. The van der Waals surface area contributed by atoms with Crippen LogP contribution < -0.4 is 0 Å². The van der Waals surface area contributed by atoms with E-state index in [1.165, 1.54) is 0 Å². The predicted molar refractivity (Wildman–Crippen MR) is 26.8 cm³/mol. The molecule has 1 saturated heterocycles. The summed E-state index contributed by atoms with van der Waals surface area (Å²) in [4.78, 5) is 0. The summed E-state index contributed by atoms with van der Waals surface area (Å²) in [6.45, 7) is 0.955. The van der Waals surface area contributed by atoms with Crippen molar-refractivity contribution in [3.63, 3.8) is 0 Å². The molecule has 1 N–H and O–H groups in total. The van der Waals surface area contributed by atoms with Crippen molar-refractivity contribution in [2.75, 3.05) is 13.2 Å². The van der Waals surface area contributed by atoms with Crippen LogP contribution in [0.5, 0.6) is 0 Å². The minimum atomic E-state index is 0. The van der Waals surface area contributed by atoms with Crippen LogP contribution in [0.15, 0.2) is 0 Å². The number of aliphatic hydroxyl groups excluding tert-OH is 1. The standard InChI is InChI=1S/C3H6O2.Al.3H/c4-1-3-2-5-3;;;;/h3-4H,1-2H2;;;;. The largest absolute Gasteiger partial charge is 0.394 e. The van der Waals surface area contributed by atoms with Gasteiger partial charge in [-0.05, 0) is 0 Å². The van der Waals surface area contributed by atoms with Gasteiger partial charge in [-0.2, -0.15) is 0 Å². The second kappa shape index (κ2) is 2.60. The SMILES string of the molecule is OCC1CO1.[AlH3]. The molecule has 0 aromatic rings. The van der Waals surface area contributed by atoms with Crippen LogP contribution in [0, 0.1) is 0 Å². The van der Waals surface area contributed by atoms with Crippen molar-refractivity contribution < 1.29 is 9.84 Å². The number of hydrogen-bond donors (Lipinski definition) is 1. The van der Waals surface area contributed by atoms with Crippen LogP contribution >= 0.6 is 0 Å². The molecule has 0 radical (unpaired) electrons. The van der Waals surface area contributed by atoms with Gasteiger partial charge in [0.25, 0.3) is 0 Å². The Balaban J connectivity index is 0.000000250. The van der Waals surface area contributed by atoms with E-state index in [0.717, 1.165) is 6.61 Å². The van der Waals surface area contributed by atoms with E-state index in [-0.39, 0.29) is 30.1 Å². The van der Waals surface area contributed by atoms with Gasteiger partial charge in [0.15, 0.2) is 17.4 Å². The van der Waals surface area contributed by atoms with Gasteiger partial charge in [0, 0.05) is 0 Å². The molecule has 1 unspecified atom stereocenters. The lowest BCUT2D eigenvalue weighted by molar-refractivity contribution is 0.244. The number of aliphatic hydroxyl groups is 1. The second-order valence-corrected chi connectivity index (χ2v) is 1.14. The Morgan fingerprint density at radius 1 is 1.83 bits per heavy atom. The van der Waals surface area contributed by atoms with Gasteiger partial charge >= 0.3 is 0 Å². The molecule has 1 rings (SSSR count). The molecule has 0 spiro atoms. The minimum Gasteiger partial charge on any atom is -0.394 e. The van der Waals surface area contributed by atoms with Crippen molar-refractivity contribution in [1.29, 1.82) is 0 Å². The molecule has 1 aliphatic rings. The maximum absolute atomic E-state index is 8.08. The van der Waals surface area contributed by atoms with Gasteiger partial charge < -0.3 is 9.84 Å². The van der Waals surface area contributed by atoms with Gasteiger partial charge in [0.2, 0.25) is 0 Å². The Bertz CT molecular complexity index is 35.8. The molecule has 0 aromatic heterocycles. The fourth-order valence-corrected chi connectivity index (χ4v) is 0.173. The third kappa shape index (κ3) is 1.79. The van der Waals surface area contributed by atoms with Gasteiger partial charge in [0.05, 0.1) is 13.2 Å². The van der Waals surface area contributed by atoms with E-state index in [9.17, 15) is 0 Å². The predicted octanol–water partition coefficient (Wildman–Crippen LogP) is -1.81. The van der Waals surface area contributed by atoms with E-state index < -0.39 is 0 Å². The molecule has 0 amide bonds. The van der Waals surface area contributed by atoms with Gasteiger partial charge in [-0.3, -0.25) is 0 Å². The van der Waals surface area contributed by atoms with E-state index in [2.05, 4.69) is 4.74 Å². The van der Waals surface area contributed by atoms with Gasteiger partial charge in [-0.1, -0.05) is 0 Å². The fourth-order valence-electron chi connectivity index (χ4n) is 0.173. The van der Waals surface area contributed by atoms with E-state index in [1.54, 1.807) is 0 Å². The number of ether oxygens (including phenoxy) is 1. The van der Waals surface area contributed by atoms with E-state index >= 15 is 0 Å². The summed E-state index contributed by atoms with van der Waals surface area (Å²) >= 11 is 0. The second-order valence-electron chi connectivity index (χ2n) is 1.14. The van der Waals surface area contributed by atoms with Crippen molar-refractivity contribution in [3.8, 4) is 0 Å². The number of hydrogen-bond acceptors (Lipinski definition) is 2. The smallest absolute Gasteiger partial charge is 0.187 e. The van der Waals surface area contributed by atoms with E-state index in [0.29, 0.717) is 0 Å². The molecule has 2 nitrogen and oxygen atoms in total. The maximum Gasteiger partial charge on any atom is 0.187 e. The van der Waals surface area contributed by atoms with Crippen molar-refractivity contribution in [2.24, 2.45) is 0 Å². The van der Waals surface area contributed by atoms with Crippen LogP contribution in [0.25, 0.3) is 0 Å². The first kappa shape index (κ1) is 6.45. The number of epoxide rings is 1. The Kier molecular flexibility index (Phi) is 2.79. The quantitative estimate of drug-likeness (QED) is 0.314. The topological polar surface area (TPSA) is 32.8 Å². The molecule has 1 aliphatic heterocycles. The summed E-state index contributed by atoms with van der Waals surface area (Å²) in [6, 6.07) is 0. The fraction of sp³-hybridized carbons (Fsp3) is 1.00. The van der Waals surface area contributed by atoms with Crippen LogP contribution in [0.3, 0.4) is 0 Å². The van der Waals surface area contributed by atoms with Crippen molar-refractivity contribution in [2.45, 2.75) is 6.10 Å². The summed E-state index contributed by atoms with van der Waals surface area (Å²) in [5.74, 6) is 0. The lowest BCUT2D eigenvalue weighted by atomic mass is 10.5. The van der Waals surface area contributed by atoms with Crippen LogP contribution in [-0.4, -0.2) is 41.8 Å². The highest BCUT2D eigenvalue weighted by Crippen LogP contribution is 2.04.